The monoisotopic (exact) mass is 455 g/mol. The summed E-state index contributed by atoms with van der Waals surface area (Å²) in [6, 6.07) is 7.59. The van der Waals surface area contributed by atoms with Gasteiger partial charge in [-0.15, -0.1) is 0 Å². The fraction of sp³-hybridized carbons (Fsp3) is 0.435. The zero-order valence-corrected chi connectivity index (χ0v) is 19.2. The Morgan fingerprint density at radius 1 is 1.10 bits per heavy atom. The highest BCUT2D eigenvalue weighted by atomic mass is 35.5. The number of carbonyl (C=O) groups excluding carboxylic acids is 1. The lowest BCUT2D eigenvalue weighted by molar-refractivity contribution is 0.102. The molecule has 31 heavy (non-hydrogen) atoms. The van der Waals surface area contributed by atoms with E-state index in [4.69, 9.17) is 21.6 Å². The SMILES string of the molecule is Cc1cc(C(=O)Nc2ccc(N3CCSCC3)c(Cl)c2)c2nc3n(c2n1)CCCCC3. The van der Waals surface area contributed by atoms with Crippen LogP contribution in [-0.4, -0.2) is 45.0 Å². The highest BCUT2D eigenvalue weighted by Crippen LogP contribution is 2.31. The number of amides is 1. The van der Waals surface area contributed by atoms with Gasteiger partial charge in [-0.2, -0.15) is 11.8 Å². The fourth-order valence-corrected chi connectivity index (χ4v) is 5.64. The molecule has 8 heteroatoms. The Kier molecular flexibility index (Phi) is 5.80. The van der Waals surface area contributed by atoms with Crippen LogP contribution >= 0.6 is 23.4 Å². The van der Waals surface area contributed by atoms with Crippen molar-refractivity contribution in [2.75, 3.05) is 34.8 Å². The number of aromatic nitrogens is 3. The van der Waals surface area contributed by atoms with E-state index in [1.807, 2.05) is 43.0 Å². The number of hydrogen-bond donors (Lipinski definition) is 1. The number of benzene rings is 1. The average molecular weight is 456 g/mol. The molecule has 5 rings (SSSR count). The molecule has 162 valence electrons. The number of imidazole rings is 1. The third-order valence-corrected chi connectivity index (χ3v) is 7.24. The molecule has 1 fully saturated rings. The molecule has 2 aliphatic rings. The quantitative estimate of drug-likeness (QED) is 0.607. The summed E-state index contributed by atoms with van der Waals surface area (Å²) in [6.07, 6.45) is 4.39. The van der Waals surface area contributed by atoms with Gasteiger partial charge in [0, 0.05) is 48.9 Å². The molecule has 1 saturated heterocycles. The van der Waals surface area contributed by atoms with E-state index in [9.17, 15) is 4.79 Å². The number of thioether (sulfide) groups is 1. The van der Waals surface area contributed by atoms with Gasteiger partial charge < -0.3 is 14.8 Å². The van der Waals surface area contributed by atoms with E-state index in [0.717, 1.165) is 73.3 Å². The van der Waals surface area contributed by atoms with Gasteiger partial charge >= 0.3 is 0 Å². The van der Waals surface area contributed by atoms with Crippen LogP contribution in [0.3, 0.4) is 0 Å². The summed E-state index contributed by atoms with van der Waals surface area (Å²) in [6.45, 7) is 4.83. The molecular weight excluding hydrogens is 430 g/mol. The summed E-state index contributed by atoms with van der Waals surface area (Å²) in [5.74, 6) is 3.08. The maximum absolute atomic E-state index is 13.2. The number of aryl methyl sites for hydroxylation is 3. The van der Waals surface area contributed by atoms with E-state index in [0.29, 0.717) is 21.8 Å². The molecule has 0 bridgehead atoms. The molecule has 2 aliphatic heterocycles. The van der Waals surface area contributed by atoms with E-state index in [2.05, 4.69) is 14.8 Å². The van der Waals surface area contributed by atoms with Gasteiger partial charge in [-0.1, -0.05) is 18.0 Å². The second-order valence-electron chi connectivity index (χ2n) is 8.19. The topological polar surface area (TPSA) is 63.1 Å². The van der Waals surface area contributed by atoms with Crippen molar-refractivity contribution in [2.24, 2.45) is 0 Å². The second kappa shape index (κ2) is 8.71. The molecule has 2 aromatic heterocycles. The van der Waals surface area contributed by atoms with Gasteiger partial charge in [0.15, 0.2) is 5.65 Å². The van der Waals surface area contributed by atoms with Gasteiger partial charge in [0.1, 0.15) is 11.3 Å². The number of fused-ring (bicyclic) bond motifs is 3. The maximum atomic E-state index is 13.2. The first kappa shape index (κ1) is 20.6. The van der Waals surface area contributed by atoms with E-state index in [-0.39, 0.29) is 5.91 Å². The Hall–Kier alpha value is -2.25. The number of rotatable bonds is 3. The van der Waals surface area contributed by atoms with Crippen LogP contribution in [0.5, 0.6) is 0 Å². The van der Waals surface area contributed by atoms with Crippen molar-refractivity contribution in [3.8, 4) is 0 Å². The predicted octanol–water partition coefficient (Wildman–Crippen LogP) is 4.93. The zero-order valence-electron chi connectivity index (χ0n) is 17.7. The smallest absolute Gasteiger partial charge is 0.258 e. The Bertz CT molecular complexity index is 1140. The van der Waals surface area contributed by atoms with Gasteiger partial charge in [0.25, 0.3) is 5.91 Å². The molecule has 3 aromatic rings. The molecule has 1 aromatic carbocycles. The first-order valence-electron chi connectivity index (χ1n) is 10.9. The van der Waals surface area contributed by atoms with Crippen LogP contribution in [0.25, 0.3) is 11.2 Å². The Morgan fingerprint density at radius 2 is 1.94 bits per heavy atom. The molecule has 0 saturated carbocycles. The zero-order chi connectivity index (χ0) is 21.4. The van der Waals surface area contributed by atoms with Crippen LogP contribution in [-0.2, 0) is 13.0 Å². The number of carbonyl (C=O) groups is 1. The van der Waals surface area contributed by atoms with Crippen LogP contribution in [0.15, 0.2) is 24.3 Å². The average Bonchev–Trinajstić information content (AvgIpc) is 2.94. The van der Waals surface area contributed by atoms with Gasteiger partial charge in [0.05, 0.1) is 16.3 Å². The molecule has 0 atom stereocenters. The maximum Gasteiger partial charge on any atom is 0.258 e. The normalized spacial score (nSPS) is 16.8. The largest absolute Gasteiger partial charge is 0.369 e. The molecule has 0 unspecified atom stereocenters. The van der Waals surface area contributed by atoms with Crippen molar-refractivity contribution >= 4 is 51.8 Å². The van der Waals surface area contributed by atoms with Gasteiger partial charge in [0.2, 0.25) is 0 Å². The number of pyridine rings is 1. The molecule has 1 amide bonds. The number of hydrogen-bond acceptors (Lipinski definition) is 5. The minimum absolute atomic E-state index is 0.179. The molecule has 1 N–H and O–H groups in total. The Balaban J connectivity index is 1.43. The molecular formula is C23H26ClN5OS. The van der Waals surface area contributed by atoms with Crippen molar-refractivity contribution in [2.45, 2.75) is 39.2 Å². The third kappa shape index (κ3) is 4.13. The van der Waals surface area contributed by atoms with Crippen molar-refractivity contribution in [3.63, 3.8) is 0 Å². The Labute approximate surface area is 191 Å². The number of anilines is 2. The molecule has 0 spiro atoms. The standard InChI is InChI=1S/C23H26ClN5OS/c1-15-13-17(21-22(25-15)29-8-4-2-3-5-20(29)27-21)23(30)26-16-6-7-19(18(24)14-16)28-9-11-31-12-10-28/h6-7,13-14H,2-5,8-12H2,1H3,(H,26,30). The highest BCUT2D eigenvalue weighted by molar-refractivity contribution is 7.99. The summed E-state index contributed by atoms with van der Waals surface area (Å²) >= 11 is 8.54. The summed E-state index contributed by atoms with van der Waals surface area (Å²) in [7, 11) is 0. The van der Waals surface area contributed by atoms with Gasteiger partial charge in [-0.25, -0.2) is 9.97 Å². The second-order valence-corrected chi connectivity index (χ2v) is 9.83. The van der Waals surface area contributed by atoms with E-state index >= 15 is 0 Å². The van der Waals surface area contributed by atoms with E-state index in [1.54, 1.807) is 0 Å². The van der Waals surface area contributed by atoms with Crippen molar-refractivity contribution in [3.05, 3.63) is 46.4 Å². The van der Waals surface area contributed by atoms with E-state index in [1.165, 1.54) is 6.42 Å². The summed E-state index contributed by atoms with van der Waals surface area (Å²) in [5.41, 5.74) is 4.61. The number of nitrogens with zero attached hydrogens (tertiary/aromatic N) is 4. The highest BCUT2D eigenvalue weighted by Gasteiger charge is 2.21. The molecule has 0 aliphatic carbocycles. The van der Waals surface area contributed by atoms with Crippen LogP contribution in [0, 0.1) is 6.92 Å². The van der Waals surface area contributed by atoms with Crippen LogP contribution in [0.1, 0.15) is 41.1 Å². The van der Waals surface area contributed by atoms with Crippen LogP contribution in [0.4, 0.5) is 11.4 Å². The minimum Gasteiger partial charge on any atom is -0.369 e. The van der Waals surface area contributed by atoms with Crippen LogP contribution in [0.2, 0.25) is 5.02 Å². The molecule has 0 radical (unpaired) electrons. The minimum atomic E-state index is -0.179. The third-order valence-electron chi connectivity index (χ3n) is 5.99. The first-order chi connectivity index (χ1) is 15.1. The fourth-order valence-electron chi connectivity index (χ4n) is 4.43. The lowest BCUT2D eigenvalue weighted by atomic mass is 10.1. The summed E-state index contributed by atoms with van der Waals surface area (Å²) < 4.78 is 2.19. The summed E-state index contributed by atoms with van der Waals surface area (Å²) in [4.78, 5) is 25.0. The van der Waals surface area contributed by atoms with E-state index < -0.39 is 0 Å². The van der Waals surface area contributed by atoms with Crippen molar-refractivity contribution in [1.82, 2.24) is 14.5 Å². The first-order valence-corrected chi connectivity index (χ1v) is 12.4. The van der Waals surface area contributed by atoms with Crippen LogP contribution < -0.4 is 10.2 Å². The van der Waals surface area contributed by atoms with Gasteiger partial charge in [-0.3, -0.25) is 4.79 Å². The molecule has 6 nitrogen and oxygen atoms in total. The lowest BCUT2D eigenvalue weighted by Crippen LogP contribution is -2.32. The number of halogens is 1. The number of nitrogens with one attached hydrogen (secondary N) is 1. The predicted molar refractivity (Wildman–Crippen MR) is 129 cm³/mol. The molecule has 4 heterocycles. The van der Waals surface area contributed by atoms with Crippen molar-refractivity contribution in [1.29, 1.82) is 0 Å². The van der Waals surface area contributed by atoms with Gasteiger partial charge in [-0.05, 0) is 44.0 Å². The summed E-state index contributed by atoms with van der Waals surface area (Å²) in [5, 5.41) is 3.68. The van der Waals surface area contributed by atoms with Crippen molar-refractivity contribution < 1.29 is 4.79 Å². The lowest BCUT2D eigenvalue weighted by Gasteiger charge is -2.29. The Morgan fingerprint density at radius 3 is 2.74 bits per heavy atom.